The summed E-state index contributed by atoms with van der Waals surface area (Å²) in [4.78, 5) is 34.7. The van der Waals surface area contributed by atoms with Crippen molar-refractivity contribution in [1.82, 2.24) is 4.90 Å². The molecule has 1 saturated heterocycles. The predicted octanol–water partition coefficient (Wildman–Crippen LogP) is -0.511. The Morgan fingerprint density at radius 2 is 2.00 bits per heavy atom. The Labute approximate surface area is 92.8 Å². The molecule has 1 unspecified atom stereocenters. The molecule has 1 atom stereocenters. The first-order valence-electron chi connectivity index (χ1n) is 4.76. The van der Waals surface area contributed by atoms with Gasteiger partial charge in [-0.3, -0.25) is 4.79 Å². The van der Waals surface area contributed by atoms with Crippen LogP contribution in [-0.4, -0.2) is 49.6 Å². The zero-order valence-electron chi connectivity index (χ0n) is 9.13. The second-order valence-corrected chi connectivity index (χ2v) is 3.33. The van der Waals surface area contributed by atoms with Gasteiger partial charge in [0.2, 0.25) is 0 Å². The third-order valence-electron chi connectivity index (χ3n) is 2.19. The smallest absolute Gasteiger partial charge is 0.331 e. The van der Waals surface area contributed by atoms with Gasteiger partial charge >= 0.3 is 11.9 Å². The Bertz CT molecular complexity index is 336. The minimum absolute atomic E-state index is 0.222. The van der Waals surface area contributed by atoms with E-state index in [-0.39, 0.29) is 5.91 Å². The summed E-state index contributed by atoms with van der Waals surface area (Å²) >= 11 is 0. The van der Waals surface area contributed by atoms with Crippen molar-refractivity contribution in [2.24, 2.45) is 0 Å². The lowest BCUT2D eigenvalue weighted by Crippen LogP contribution is -2.28. The number of carbonyl (C=O) groups is 3. The molecule has 1 aliphatic rings. The number of likely N-dealkylation sites (N-methyl/N-ethyl adjacent to an activating group) is 1. The summed E-state index contributed by atoms with van der Waals surface area (Å²) in [5.74, 6) is -1.59. The van der Waals surface area contributed by atoms with E-state index < -0.39 is 18.0 Å². The number of likely N-dealkylation sites (tertiary alicyclic amines) is 1. The van der Waals surface area contributed by atoms with E-state index in [0.717, 1.165) is 12.2 Å². The SMILES string of the molecule is COC(=O)/C=C/C(=O)OC1CCN(C)C1=O. The van der Waals surface area contributed by atoms with E-state index in [0.29, 0.717) is 13.0 Å². The van der Waals surface area contributed by atoms with Crippen molar-refractivity contribution in [3.05, 3.63) is 12.2 Å². The van der Waals surface area contributed by atoms with Crippen molar-refractivity contribution < 1.29 is 23.9 Å². The molecule has 6 heteroatoms. The molecule has 88 valence electrons. The Hall–Kier alpha value is -1.85. The molecule has 0 saturated carbocycles. The summed E-state index contributed by atoms with van der Waals surface area (Å²) < 4.78 is 9.16. The highest BCUT2D eigenvalue weighted by Gasteiger charge is 2.31. The largest absolute Gasteiger partial charge is 0.466 e. The van der Waals surface area contributed by atoms with Crippen molar-refractivity contribution in [2.75, 3.05) is 20.7 Å². The number of esters is 2. The molecule has 1 rings (SSSR count). The fraction of sp³-hybridized carbons (Fsp3) is 0.500. The van der Waals surface area contributed by atoms with E-state index in [2.05, 4.69) is 4.74 Å². The Morgan fingerprint density at radius 3 is 2.50 bits per heavy atom. The van der Waals surface area contributed by atoms with E-state index in [9.17, 15) is 14.4 Å². The lowest BCUT2D eigenvalue weighted by Gasteiger charge is -2.09. The molecule has 1 fully saturated rings. The van der Waals surface area contributed by atoms with Crippen LogP contribution in [-0.2, 0) is 23.9 Å². The molecule has 1 heterocycles. The molecule has 0 aromatic carbocycles. The van der Waals surface area contributed by atoms with Crippen LogP contribution in [0.15, 0.2) is 12.2 Å². The molecule has 1 aliphatic heterocycles. The molecule has 1 amide bonds. The van der Waals surface area contributed by atoms with Crippen LogP contribution in [0.25, 0.3) is 0 Å². The van der Waals surface area contributed by atoms with E-state index in [1.165, 1.54) is 12.0 Å². The highest BCUT2D eigenvalue weighted by molar-refractivity contribution is 5.93. The van der Waals surface area contributed by atoms with Gasteiger partial charge in [0.15, 0.2) is 6.10 Å². The number of rotatable bonds is 3. The molecule has 0 aliphatic carbocycles. The van der Waals surface area contributed by atoms with Crippen LogP contribution in [0.4, 0.5) is 0 Å². The molecule has 0 spiro atoms. The molecule has 0 radical (unpaired) electrons. The summed E-state index contributed by atoms with van der Waals surface area (Å²) in [6.07, 6.45) is 1.63. The van der Waals surface area contributed by atoms with Gasteiger partial charge in [0, 0.05) is 32.2 Å². The molecule has 0 N–H and O–H groups in total. The van der Waals surface area contributed by atoms with Crippen LogP contribution in [0.1, 0.15) is 6.42 Å². The van der Waals surface area contributed by atoms with Crippen molar-refractivity contribution in [1.29, 1.82) is 0 Å². The van der Waals surface area contributed by atoms with E-state index in [4.69, 9.17) is 4.74 Å². The lowest BCUT2D eigenvalue weighted by atomic mass is 10.3. The normalized spacial score (nSPS) is 20.2. The van der Waals surface area contributed by atoms with E-state index in [1.807, 2.05) is 0 Å². The number of ether oxygens (including phenoxy) is 2. The third kappa shape index (κ3) is 3.08. The van der Waals surface area contributed by atoms with Crippen LogP contribution in [0.5, 0.6) is 0 Å². The van der Waals surface area contributed by atoms with Gasteiger partial charge in [-0.15, -0.1) is 0 Å². The monoisotopic (exact) mass is 227 g/mol. The number of hydrogen-bond acceptors (Lipinski definition) is 5. The third-order valence-corrected chi connectivity index (χ3v) is 2.19. The van der Waals surface area contributed by atoms with Crippen LogP contribution >= 0.6 is 0 Å². The average molecular weight is 227 g/mol. The first-order chi connectivity index (χ1) is 7.54. The van der Waals surface area contributed by atoms with Gasteiger partial charge in [-0.05, 0) is 0 Å². The molecule has 0 bridgehead atoms. The molecule has 16 heavy (non-hydrogen) atoms. The summed E-state index contributed by atoms with van der Waals surface area (Å²) in [5.41, 5.74) is 0. The topological polar surface area (TPSA) is 72.9 Å². The number of carbonyl (C=O) groups excluding carboxylic acids is 3. The summed E-state index contributed by atoms with van der Waals surface area (Å²) in [6, 6.07) is 0. The van der Waals surface area contributed by atoms with Crippen molar-refractivity contribution in [2.45, 2.75) is 12.5 Å². The predicted molar refractivity (Wildman–Crippen MR) is 53.3 cm³/mol. The fourth-order valence-electron chi connectivity index (χ4n) is 1.28. The Morgan fingerprint density at radius 1 is 1.38 bits per heavy atom. The average Bonchev–Trinajstić information content (AvgIpc) is 2.57. The lowest BCUT2D eigenvalue weighted by molar-refractivity contribution is -0.151. The van der Waals surface area contributed by atoms with Crippen LogP contribution in [0.2, 0.25) is 0 Å². The quantitative estimate of drug-likeness (QED) is 0.479. The number of amides is 1. The molecule has 6 nitrogen and oxygen atoms in total. The fourth-order valence-corrected chi connectivity index (χ4v) is 1.28. The van der Waals surface area contributed by atoms with Gasteiger partial charge in [0.1, 0.15) is 0 Å². The van der Waals surface area contributed by atoms with Crippen LogP contribution in [0, 0.1) is 0 Å². The first kappa shape index (κ1) is 12.2. The number of nitrogens with zero attached hydrogens (tertiary/aromatic N) is 1. The molecular weight excluding hydrogens is 214 g/mol. The minimum atomic E-state index is -0.736. The maximum absolute atomic E-state index is 11.4. The Balaban J connectivity index is 2.43. The number of hydrogen-bond donors (Lipinski definition) is 0. The second-order valence-electron chi connectivity index (χ2n) is 3.33. The van der Waals surface area contributed by atoms with Gasteiger partial charge in [0.25, 0.3) is 5.91 Å². The van der Waals surface area contributed by atoms with Crippen molar-refractivity contribution in [3.63, 3.8) is 0 Å². The van der Waals surface area contributed by atoms with Crippen molar-refractivity contribution in [3.8, 4) is 0 Å². The summed E-state index contributed by atoms with van der Waals surface area (Å²) in [6.45, 7) is 0.567. The standard InChI is InChI=1S/C10H13NO5/c1-11-6-5-7(10(11)14)16-9(13)4-3-8(12)15-2/h3-4,7H,5-6H2,1-2H3/b4-3+. The highest BCUT2D eigenvalue weighted by atomic mass is 16.5. The zero-order chi connectivity index (χ0) is 12.1. The second kappa shape index (κ2) is 5.29. The van der Waals surface area contributed by atoms with Crippen molar-refractivity contribution >= 4 is 17.8 Å². The van der Waals surface area contributed by atoms with Crippen LogP contribution < -0.4 is 0 Å². The van der Waals surface area contributed by atoms with Crippen LogP contribution in [0.3, 0.4) is 0 Å². The van der Waals surface area contributed by atoms with Gasteiger partial charge in [0.05, 0.1) is 7.11 Å². The Kier molecular flexibility index (Phi) is 4.04. The van der Waals surface area contributed by atoms with Gasteiger partial charge < -0.3 is 14.4 Å². The van der Waals surface area contributed by atoms with Gasteiger partial charge in [-0.25, -0.2) is 9.59 Å². The maximum Gasteiger partial charge on any atom is 0.331 e. The summed E-state index contributed by atoms with van der Waals surface area (Å²) in [7, 11) is 2.84. The minimum Gasteiger partial charge on any atom is -0.466 e. The van der Waals surface area contributed by atoms with E-state index >= 15 is 0 Å². The molecule has 0 aromatic rings. The molecule has 0 aromatic heterocycles. The van der Waals surface area contributed by atoms with Gasteiger partial charge in [-0.2, -0.15) is 0 Å². The first-order valence-corrected chi connectivity index (χ1v) is 4.76. The highest BCUT2D eigenvalue weighted by Crippen LogP contribution is 2.12. The zero-order valence-corrected chi connectivity index (χ0v) is 9.13. The summed E-state index contributed by atoms with van der Waals surface area (Å²) in [5, 5.41) is 0. The number of methoxy groups -OCH3 is 1. The molecular formula is C10H13NO5. The van der Waals surface area contributed by atoms with E-state index in [1.54, 1.807) is 7.05 Å². The van der Waals surface area contributed by atoms with Gasteiger partial charge in [-0.1, -0.05) is 0 Å². The maximum atomic E-state index is 11.4.